The molecule has 1 atom stereocenters. The molecule has 3 fully saturated rings. The smallest absolute Gasteiger partial charge is 0.319 e. The zero-order chi connectivity index (χ0) is 22.3. The number of pyridine rings is 1. The Morgan fingerprint density at radius 3 is 2.62 bits per heavy atom. The Labute approximate surface area is 193 Å². The summed E-state index contributed by atoms with van der Waals surface area (Å²) in [5.74, 6) is 0.703. The van der Waals surface area contributed by atoms with Crippen molar-refractivity contribution < 1.29 is 9.84 Å². The molecule has 32 heavy (non-hydrogen) atoms. The van der Waals surface area contributed by atoms with E-state index < -0.39 is 5.60 Å². The van der Waals surface area contributed by atoms with E-state index in [-0.39, 0.29) is 5.54 Å². The molecule has 172 valence electrons. The molecule has 3 saturated heterocycles. The number of aromatic nitrogens is 3. The molecule has 0 amide bonds. The number of nitrogens with zero attached hydrogens (tertiary/aromatic N) is 5. The molecule has 0 aromatic carbocycles. The number of β-amino-alcohol motifs (C(OH)–C–C–N with tert-alkyl or cyclic N) is 1. The predicted octanol–water partition coefficient (Wildman–Crippen LogP) is 2.97. The number of piperidine rings is 1. The van der Waals surface area contributed by atoms with E-state index in [1.165, 1.54) is 19.0 Å². The molecular weight excluding hydrogens is 428 g/mol. The highest BCUT2D eigenvalue weighted by atomic mass is 35.5. The summed E-state index contributed by atoms with van der Waals surface area (Å²) in [6.45, 7) is 6.00. The standard InChI is InChI=1S/C23H31ClN6O2/c1-22(31)6-2-10-29(14-22)20-19-16(5-9-25)26-18(24)13-17(19)27-21(28-20)32-15-23-7-3-11-30(23)12-4-8-23/h5,9,13,31H,2-4,6-8,10-12,14-15,25H2,1H3/b9-5-/t22-/m1/s1. The summed E-state index contributed by atoms with van der Waals surface area (Å²) in [7, 11) is 0. The van der Waals surface area contributed by atoms with Crippen LogP contribution in [0.25, 0.3) is 17.0 Å². The number of rotatable bonds is 5. The Morgan fingerprint density at radius 1 is 1.16 bits per heavy atom. The van der Waals surface area contributed by atoms with E-state index in [9.17, 15) is 5.11 Å². The average molecular weight is 459 g/mol. The highest BCUT2D eigenvalue weighted by molar-refractivity contribution is 6.30. The molecule has 3 N–H and O–H groups in total. The van der Waals surface area contributed by atoms with Crippen LogP contribution in [0.3, 0.4) is 0 Å². The monoisotopic (exact) mass is 458 g/mol. The normalized spacial score (nSPS) is 25.7. The molecule has 0 spiro atoms. The fraction of sp³-hybridized carbons (Fsp3) is 0.609. The van der Waals surface area contributed by atoms with Crippen molar-refractivity contribution in [2.75, 3.05) is 37.7 Å². The summed E-state index contributed by atoms with van der Waals surface area (Å²) in [5.41, 5.74) is 6.28. The van der Waals surface area contributed by atoms with Gasteiger partial charge in [-0.05, 0) is 70.8 Å². The van der Waals surface area contributed by atoms with Crippen LogP contribution in [0.4, 0.5) is 5.82 Å². The van der Waals surface area contributed by atoms with Gasteiger partial charge in [-0.25, -0.2) is 4.98 Å². The first-order valence-corrected chi connectivity index (χ1v) is 11.9. The Bertz CT molecular complexity index is 1030. The molecule has 9 heteroatoms. The van der Waals surface area contributed by atoms with Gasteiger partial charge in [0, 0.05) is 19.2 Å². The van der Waals surface area contributed by atoms with Crippen molar-refractivity contribution in [3.63, 3.8) is 0 Å². The van der Waals surface area contributed by atoms with Crippen molar-refractivity contribution in [3.8, 4) is 6.01 Å². The summed E-state index contributed by atoms with van der Waals surface area (Å²) in [4.78, 5) is 18.6. The van der Waals surface area contributed by atoms with E-state index in [4.69, 9.17) is 32.0 Å². The van der Waals surface area contributed by atoms with Gasteiger partial charge >= 0.3 is 6.01 Å². The predicted molar refractivity (Wildman–Crippen MR) is 126 cm³/mol. The summed E-state index contributed by atoms with van der Waals surface area (Å²) in [6.07, 6.45) is 9.51. The summed E-state index contributed by atoms with van der Waals surface area (Å²) >= 11 is 6.30. The van der Waals surface area contributed by atoms with E-state index in [2.05, 4.69) is 14.8 Å². The molecule has 0 saturated carbocycles. The summed E-state index contributed by atoms with van der Waals surface area (Å²) < 4.78 is 6.27. The fourth-order valence-electron chi connectivity index (χ4n) is 5.68. The van der Waals surface area contributed by atoms with Gasteiger partial charge < -0.3 is 20.5 Å². The summed E-state index contributed by atoms with van der Waals surface area (Å²) in [6, 6.07) is 2.08. The minimum atomic E-state index is -0.784. The molecule has 5 heterocycles. The largest absolute Gasteiger partial charge is 0.461 e. The van der Waals surface area contributed by atoms with E-state index in [1.54, 1.807) is 12.1 Å². The SMILES string of the molecule is C[C@@]1(O)CCCN(c2nc(OCC34CCCN3CCC4)nc3cc(Cl)nc(/C=C\N)c23)C1. The fourth-order valence-corrected chi connectivity index (χ4v) is 5.87. The van der Waals surface area contributed by atoms with Gasteiger partial charge in [0.2, 0.25) is 0 Å². The highest BCUT2D eigenvalue weighted by Crippen LogP contribution is 2.39. The van der Waals surface area contributed by atoms with Crippen LogP contribution in [0.2, 0.25) is 5.15 Å². The first-order chi connectivity index (χ1) is 15.4. The lowest BCUT2D eigenvalue weighted by Crippen LogP contribution is -2.46. The number of anilines is 1. The lowest BCUT2D eigenvalue weighted by molar-refractivity contribution is 0.0447. The molecule has 0 radical (unpaired) electrons. The van der Waals surface area contributed by atoms with Crippen LogP contribution in [0.15, 0.2) is 12.3 Å². The zero-order valence-electron chi connectivity index (χ0n) is 18.6. The lowest BCUT2D eigenvalue weighted by Gasteiger charge is -2.38. The maximum Gasteiger partial charge on any atom is 0.319 e. The van der Waals surface area contributed by atoms with Gasteiger partial charge in [0.1, 0.15) is 17.6 Å². The second-order valence-corrected chi connectivity index (χ2v) is 10.0. The van der Waals surface area contributed by atoms with Crippen LogP contribution < -0.4 is 15.4 Å². The number of ether oxygens (including phenoxy) is 1. The number of fused-ring (bicyclic) bond motifs is 2. The van der Waals surface area contributed by atoms with Crippen molar-refractivity contribution in [3.05, 3.63) is 23.1 Å². The minimum Gasteiger partial charge on any atom is -0.461 e. The van der Waals surface area contributed by atoms with Crippen molar-refractivity contribution in [1.29, 1.82) is 0 Å². The van der Waals surface area contributed by atoms with Gasteiger partial charge in [0.25, 0.3) is 0 Å². The quantitative estimate of drug-likeness (QED) is 0.659. The topological polar surface area (TPSA) is 101 Å². The third-order valence-electron chi connectivity index (χ3n) is 7.15. The molecule has 0 unspecified atom stereocenters. The Balaban J connectivity index is 1.55. The van der Waals surface area contributed by atoms with Crippen molar-refractivity contribution in [2.24, 2.45) is 5.73 Å². The first kappa shape index (κ1) is 21.7. The Morgan fingerprint density at radius 2 is 1.91 bits per heavy atom. The molecule has 3 aliphatic rings. The lowest BCUT2D eigenvalue weighted by atomic mass is 9.95. The number of halogens is 1. The van der Waals surface area contributed by atoms with Crippen LogP contribution in [-0.4, -0.2) is 68.9 Å². The molecule has 2 aromatic rings. The van der Waals surface area contributed by atoms with E-state index in [1.807, 2.05) is 6.92 Å². The van der Waals surface area contributed by atoms with Gasteiger partial charge in [0.05, 0.1) is 27.7 Å². The first-order valence-electron chi connectivity index (χ1n) is 11.5. The van der Waals surface area contributed by atoms with E-state index in [0.29, 0.717) is 41.3 Å². The van der Waals surface area contributed by atoms with E-state index >= 15 is 0 Å². The highest BCUT2D eigenvalue weighted by Gasteiger charge is 2.45. The van der Waals surface area contributed by atoms with Gasteiger partial charge in [-0.3, -0.25) is 4.90 Å². The molecule has 0 bridgehead atoms. The minimum absolute atomic E-state index is 0.108. The molecule has 8 nitrogen and oxygen atoms in total. The molecule has 0 aliphatic carbocycles. The van der Waals surface area contributed by atoms with Crippen LogP contribution in [0.5, 0.6) is 6.01 Å². The van der Waals surface area contributed by atoms with Gasteiger partial charge in [-0.1, -0.05) is 11.6 Å². The van der Waals surface area contributed by atoms with Crippen molar-refractivity contribution >= 4 is 34.4 Å². The molecular formula is C23H31ClN6O2. The number of hydrogen-bond donors (Lipinski definition) is 2. The van der Waals surface area contributed by atoms with E-state index in [0.717, 1.165) is 50.7 Å². The van der Waals surface area contributed by atoms with Crippen LogP contribution >= 0.6 is 11.6 Å². The number of nitrogens with two attached hydrogens (primary N) is 1. The van der Waals surface area contributed by atoms with Gasteiger partial charge in [0.15, 0.2) is 0 Å². The summed E-state index contributed by atoms with van der Waals surface area (Å²) in [5, 5.41) is 11.8. The maximum absolute atomic E-state index is 10.7. The second kappa shape index (κ2) is 8.32. The number of aliphatic hydroxyl groups is 1. The zero-order valence-corrected chi connectivity index (χ0v) is 19.3. The Kier molecular flexibility index (Phi) is 5.63. The molecule has 3 aliphatic heterocycles. The second-order valence-electron chi connectivity index (χ2n) is 9.64. The third-order valence-corrected chi connectivity index (χ3v) is 7.34. The Hall–Kier alpha value is -2.16. The van der Waals surface area contributed by atoms with Crippen LogP contribution in [-0.2, 0) is 0 Å². The van der Waals surface area contributed by atoms with Crippen molar-refractivity contribution in [1.82, 2.24) is 19.9 Å². The molecule has 5 rings (SSSR count). The van der Waals surface area contributed by atoms with Crippen LogP contribution in [0, 0.1) is 0 Å². The van der Waals surface area contributed by atoms with Gasteiger partial charge in [-0.15, -0.1) is 0 Å². The van der Waals surface area contributed by atoms with Crippen LogP contribution in [0.1, 0.15) is 51.1 Å². The third kappa shape index (κ3) is 4.00. The van der Waals surface area contributed by atoms with Gasteiger partial charge in [-0.2, -0.15) is 9.97 Å². The maximum atomic E-state index is 10.7. The number of hydrogen-bond acceptors (Lipinski definition) is 8. The molecule has 2 aromatic heterocycles. The average Bonchev–Trinajstić information content (AvgIpc) is 3.31. The van der Waals surface area contributed by atoms with Crippen molar-refractivity contribution in [2.45, 2.75) is 56.6 Å².